The summed E-state index contributed by atoms with van der Waals surface area (Å²) in [6.07, 6.45) is 4.71. The van der Waals surface area contributed by atoms with Crippen LogP contribution in [0.15, 0.2) is 24.3 Å². The van der Waals surface area contributed by atoms with E-state index in [1.165, 1.54) is 41.9 Å². The maximum absolute atomic E-state index is 5.77. The van der Waals surface area contributed by atoms with Gasteiger partial charge < -0.3 is 0 Å². The zero-order chi connectivity index (χ0) is 13.9. The van der Waals surface area contributed by atoms with Crippen molar-refractivity contribution < 1.29 is 0 Å². The number of nitrogens with two attached hydrogens (primary N) is 1. The Morgan fingerprint density at radius 2 is 2.30 bits per heavy atom. The summed E-state index contributed by atoms with van der Waals surface area (Å²) in [6, 6.07) is 8.95. The largest absolute Gasteiger partial charge is 0.271 e. The third kappa shape index (κ3) is 2.61. The minimum Gasteiger partial charge on any atom is -0.271 e. The Hall–Kier alpha value is -1.30. The van der Waals surface area contributed by atoms with Crippen molar-refractivity contribution in [3.05, 3.63) is 46.0 Å². The van der Waals surface area contributed by atoms with Gasteiger partial charge in [-0.25, -0.2) is 0 Å². The predicted molar refractivity (Wildman–Crippen MR) is 81.4 cm³/mol. The second-order valence-electron chi connectivity index (χ2n) is 5.47. The van der Waals surface area contributed by atoms with Crippen molar-refractivity contribution in [2.45, 2.75) is 44.6 Å². The Morgan fingerprint density at radius 1 is 1.45 bits per heavy atom. The fourth-order valence-electron chi connectivity index (χ4n) is 3.19. The topological polar surface area (TPSA) is 63.8 Å². The van der Waals surface area contributed by atoms with E-state index in [9.17, 15) is 0 Å². The van der Waals surface area contributed by atoms with Crippen LogP contribution in [0.4, 0.5) is 0 Å². The average molecular weight is 288 g/mol. The number of nitrogens with zero attached hydrogens (tertiary/aromatic N) is 2. The maximum Gasteiger partial charge on any atom is 0.0773 e. The predicted octanol–water partition coefficient (Wildman–Crippen LogP) is 2.86. The summed E-state index contributed by atoms with van der Waals surface area (Å²) in [5, 5.41) is 4.10. The molecule has 0 fully saturated rings. The molecule has 3 rings (SSSR count). The van der Waals surface area contributed by atoms with Gasteiger partial charge >= 0.3 is 0 Å². The molecule has 106 valence electrons. The lowest BCUT2D eigenvalue weighted by Crippen LogP contribution is -2.30. The molecule has 1 heterocycles. The van der Waals surface area contributed by atoms with E-state index < -0.39 is 0 Å². The summed E-state index contributed by atoms with van der Waals surface area (Å²) < 4.78 is 4.02. The van der Waals surface area contributed by atoms with Gasteiger partial charge in [-0.3, -0.25) is 11.3 Å². The van der Waals surface area contributed by atoms with Gasteiger partial charge in [-0.2, -0.15) is 0 Å². The summed E-state index contributed by atoms with van der Waals surface area (Å²) in [4.78, 5) is 1.16. The normalized spacial score (nSPS) is 19.6. The molecule has 1 aromatic carbocycles. The van der Waals surface area contributed by atoms with Gasteiger partial charge in [0.2, 0.25) is 0 Å². The lowest BCUT2D eigenvalue weighted by molar-refractivity contribution is 0.428. The number of aryl methyl sites for hydroxylation is 2. The highest BCUT2D eigenvalue weighted by Gasteiger charge is 2.25. The minimum absolute atomic E-state index is 0.145. The fraction of sp³-hybridized carbons (Fsp3) is 0.467. The first-order valence-electron chi connectivity index (χ1n) is 7.12. The van der Waals surface area contributed by atoms with Gasteiger partial charge in [0.05, 0.1) is 16.6 Å². The van der Waals surface area contributed by atoms with Crippen molar-refractivity contribution in [2.24, 2.45) is 5.84 Å². The summed E-state index contributed by atoms with van der Waals surface area (Å²) >= 11 is 1.45. The van der Waals surface area contributed by atoms with Crippen LogP contribution in [-0.4, -0.2) is 9.59 Å². The van der Waals surface area contributed by atoms with Gasteiger partial charge in [-0.1, -0.05) is 28.8 Å². The second kappa shape index (κ2) is 5.99. The van der Waals surface area contributed by atoms with Gasteiger partial charge in [-0.15, -0.1) is 5.10 Å². The number of benzene rings is 1. The van der Waals surface area contributed by atoms with Crippen molar-refractivity contribution in [1.82, 2.24) is 15.0 Å². The van der Waals surface area contributed by atoms with E-state index in [0.29, 0.717) is 5.92 Å². The van der Waals surface area contributed by atoms with E-state index >= 15 is 0 Å². The van der Waals surface area contributed by atoms with E-state index in [2.05, 4.69) is 39.3 Å². The summed E-state index contributed by atoms with van der Waals surface area (Å²) in [7, 11) is 0. The van der Waals surface area contributed by atoms with Gasteiger partial charge in [0.15, 0.2) is 0 Å². The van der Waals surface area contributed by atoms with Crippen LogP contribution in [0.25, 0.3) is 0 Å². The highest BCUT2D eigenvalue weighted by atomic mass is 32.1. The molecular formula is C15H20N4S. The molecule has 2 aromatic rings. The average Bonchev–Trinajstić information content (AvgIpc) is 2.91. The maximum atomic E-state index is 5.77. The molecular weight excluding hydrogens is 268 g/mol. The van der Waals surface area contributed by atoms with Gasteiger partial charge in [0, 0.05) is 0 Å². The molecule has 0 radical (unpaired) electrons. The number of aromatic nitrogens is 2. The smallest absolute Gasteiger partial charge is 0.0773 e. The highest BCUT2D eigenvalue weighted by molar-refractivity contribution is 7.05. The molecule has 0 saturated carbocycles. The molecule has 5 heteroatoms. The first kappa shape index (κ1) is 13.7. The Morgan fingerprint density at radius 3 is 3.05 bits per heavy atom. The lowest BCUT2D eigenvalue weighted by Gasteiger charge is -2.28. The van der Waals surface area contributed by atoms with Crippen molar-refractivity contribution in [1.29, 1.82) is 0 Å². The SMILES string of the molecule is Cc1nnsc1C(CC1CCCc2ccccc21)NN. The molecule has 2 atom stereocenters. The Labute approximate surface area is 123 Å². The number of fused-ring (bicyclic) bond motifs is 1. The molecule has 4 nitrogen and oxygen atoms in total. The van der Waals surface area contributed by atoms with E-state index in [1.54, 1.807) is 0 Å². The van der Waals surface area contributed by atoms with Crippen LogP contribution in [-0.2, 0) is 6.42 Å². The van der Waals surface area contributed by atoms with Gasteiger partial charge in [0.1, 0.15) is 0 Å². The number of hydrazine groups is 1. The first-order chi connectivity index (χ1) is 9.79. The zero-order valence-electron chi connectivity index (χ0n) is 11.7. The summed E-state index contributed by atoms with van der Waals surface area (Å²) in [5.41, 5.74) is 6.94. The summed E-state index contributed by atoms with van der Waals surface area (Å²) in [6.45, 7) is 2.00. The molecule has 2 unspecified atom stereocenters. The Balaban J connectivity index is 1.82. The second-order valence-corrected chi connectivity index (χ2v) is 6.25. The molecule has 3 N–H and O–H groups in total. The Kier molecular flexibility index (Phi) is 4.10. The third-order valence-corrected chi connectivity index (χ3v) is 5.16. The van der Waals surface area contributed by atoms with Crippen molar-refractivity contribution in [3.8, 4) is 0 Å². The molecule has 1 aromatic heterocycles. The molecule has 1 aliphatic carbocycles. The fourth-order valence-corrected chi connectivity index (χ4v) is 3.91. The Bertz CT molecular complexity index is 581. The van der Waals surface area contributed by atoms with Crippen LogP contribution in [0.1, 0.15) is 52.9 Å². The van der Waals surface area contributed by atoms with Crippen LogP contribution in [0.2, 0.25) is 0 Å². The zero-order valence-corrected chi connectivity index (χ0v) is 12.5. The highest BCUT2D eigenvalue weighted by Crippen LogP contribution is 2.38. The van der Waals surface area contributed by atoms with Crippen LogP contribution in [0.3, 0.4) is 0 Å². The third-order valence-electron chi connectivity index (χ3n) is 4.22. The van der Waals surface area contributed by atoms with Crippen molar-refractivity contribution in [3.63, 3.8) is 0 Å². The van der Waals surface area contributed by atoms with E-state index in [-0.39, 0.29) is 6.04 Å². The number of hydrogen-bond donors (Lipinski definition) is 2. The van der Waals surface area contributed by atoms with Gasteiger partial charge in [0.25, 0.3) is 0 Å². The molecule has 0 saturated heterocycles. The number of nitrogens with one attached hydrogen (secondary N) is 1. The molecule has 20 heavy (non-hydrogen) atoms. The van der Waals surface area contributed by atoms with Crippen molar-refractivity contribution in [2.75, 3.05) is 0 Å². The molecule has 0 spiro atoms. The number of hydrogen-bond acceptors (Lipinski definition) is 5. The summed E-state index contributed by atoms with van der Waals surface area (Å²) in [5.74, 6) is 6.34. The number of rotatable bonds is 4. The van der Waals surface area contributed by atoms with Crippen LogP contribution in [0, 0.1) is 6.92 Å². The minimum atomic E-state index is 0.145. The molecule has 0 aliphatic heterocycles. The molecule has 0 amide bonds. The van der Waals surface area contributed by atoms with Gasteiger partial charge in [-0.05, 0) is 61.2 Å². The standard InChI is InChI=1S/C15H20N4S/c1-10-15(20-19-18-10)14(17-16)9-12-7-4-6-11-5-2-3-8-13(11)12/h2-3,5,8,12,14,17H,4,6-7,9,16H2,1H3. The molecule has 0 bridgehead atoms. The lowest BCUT2D eigenvalue weighted by atomic mass is 9.79. The van der Waals surface area contributed by atoms with Crippen molar-refractivity contribution >= 4 is 11.5 Å². The van der Waals surface area contributed by atoms with Crippen LogP contribution < -0.4 is 11.3 Å². The van der Waals surface area contributed by atoms with Crippen LogP contribution >= 0.6 is 11.5 Å². The molecule has 1 aliphatic rings. The quantitative estimate of drug-likeness (QED) is 0.671. The van der Waals surface area contributed by atoms with E-state index in [0.717, 1.165) is 17.0 Å². The van der Waals surface area contributed by atoms with E-state index in [4.69, 9.17) is 5.84 Å². The van der Waals surface area contributed by atoms with Crippen LogP contribution in [0.5, 0.6) is 0 Å². The first-order valence-corrected chi connectivity index (χ1v) is 7.89. The monoisotopic (exact) mass is 288 g/mol. The van der Waals surface area contributed by atoms with E-state index in [1.807, 2.05) is 6.92 Å².